The van der Waals surface area contributed by atoms with Crippen molar-refractivity contribution in [1.29, 1.82) is 0 Å². The second-order valence-electron chi connectivity index (χ2n) is 6.33. The van der Waals surface area contributed by atoms with Crippen LogP contribution < -0.4 is 15.5 Å². The number of rotatable bonds is 6. The predicted octanol–water partition coefficient (Wildman–Crippen LogP) is 2.89. The molecule has 1 unspecified atom stereocenters. The Labute approximate surface area is 182 Å². The van der Waals surface area contributed by atoms with Crippen LogP contribution in [0.2, 0.25) is 0 Å². The summed E-state index contributed by atoms with van der Waals surface area (Å²) in [7, 11) is 1.79. The largest absolute Gasteiger partial charge is 0.375 e. The third-order valence-electron chi connectivity index (χ3n) is 4.30. The number of aromatic nitrogens is 1. The van der Waals surface area contributed by atoms with E-state index in [0.29, 0.717) is 6.54 Å². The van der Waals surface area contributed by atoms with E-state index in [1.807, 2.05) is 6.20 Å². The molecule has 3 rings (SSSR count). The molecule has 6 nitrogen and oxygen atoms in total. The average molecular weight is 501 g/mol. The van der Waals surface area contributed by atoms with Gasteiger partial charge in [-0.15, -0.1) is 35.3 Å². The minimum atomic E-state index is 0. The van der Waals surface area contributed by atoms with Gasteiger partial charge in [0.2, 0.25) is 0 Å². The van der Waals surface area contributed by atoms with Gasteiger partial charge < -0.3 is 20.3 Å². The Bertz CT molecular complexity index is 693. The molecule has 2 aromatic heterocycles. The van der Waals surface area contributed by atoms with Crippen molar-refractivity contribution in [3.63, 3.8) is 0 Å². The zero-order valence-corrected chi connectivity index (χ0v) is 19.0. The van der Waals surface area contributed by atoms with Gasteiger partial charge in [-0.05, 0) is 36.4 Å². The number of hydrogen-bond acceptors (Lipinski definition) is 5. The molecule has 1 aliphatic rings. The number of ether oxygens (including phenoxy) is 1. The average Bonchev–Trinajstić information content (AvgIpc) is 3.18. The Morgan fingerprint density at radius 2 is 2.26 bits per heavy atom. The normalized spacial score (nSPS) is 17.3. The lowest BCUT2D eigenvalue weighted by Crippen LogP contribution is -2.41. The lowest BCUT2D eigenvalue weighted by Gasteiger charge is -2.32. The van der Waals surface area contributed by atoms with E-state index in [9.17, 15) is 0 Å². The first-order chi connectivity index (χ1) is 12.7. The number of morpholine rings is 1. The number of nitrogens with zero attached hydrogens (tertiary/aromatic N) is 3. The maximum absolute atomic E-state index is 5.59. The standard InChI is InChI=1S/C19H27N5OS.HI/c1-15-14-24(9-10-25-15)18-6-5-16(12-22-18)13-23-19(20-2)21-8-7-17-4-3-11-26-17;/h3-6,11-12,15H,7-10,13-14H2,1-2H3,(H2,20,21,23);1H. The first-order valence-electron chi connectivity index (χ1n) is 9.03. The lowest BCUT2D eigenvalue weighted by atomic mass is 10.2. The Balaban J connectivity index is 0.00000261. The number of aliphatic imine (C=N–C) groups is 1. The molecule has 1 atom stereocenters. The van der Waals surface area contributed by atoms with Crippen molar-refractivity contribution in [2.45, 2.75) is 26.0 Å². The van der Waals surface area contributed by atoms with Crippen LogP contribution in [0, 0.1) is 0 Å². The molecular formula is C19H28IN5OS. The molecule has 2 aromatic rings. The maximum Gasteiger partial charge on any atom is 0.191 e. The van der Waals surface area contributed by atoms with Gasteiger partial charge in [-0.25, -0.2) is 4.98 Å². The van der Waals surface area contributed by atoms with Gasteiger partial charge in [-0.3, -0.25) is 4.99 Å². The summed E-state index contributed by atoms with van der Waals surface area (Å²) in [6.45, 7) is 6.22. The van der Waals surface area contributed by atoms with Crippen molar-refractivity contribution >= 4 is 47.1 Å². The minimum Gasteiger partial charge on any atom is -0.375 e. The Hall–Kier alpha value is -1.39. The number of nitrogens with one attached hydrogen (secondary N) is 2. The molecule has 148 valence electrons. The molecule has 0 radical (unpaired) electrons. The third kappa shape index (κ3) is 6.93. The fraction of sp³-hybridized carbons (Fsp3) is 0.474. The van der Waals surface area contributed by atoms with E-state index in [1.54, 1.807) is 18.4 Å². The number of guanidine groups is 1. The van der Waals surface area contributed by atoms with Gasteiger partial charge in [-0.1, -0.05) is 12.1 Å². The summed E-state index contributed by atoms with van der Waals surface area (Å²) in [5.74, 6) is 1.83. The van der Waals surface area contributed by atoms with E-state index in [-0.39, 0.29) is 30.1 Å². The first-order valence-corrected chi connectivity index (χ1v) is 9.91. The summed E-state index contributed by atoms with van der Waals surface area (Å²) in [5, 5.41) is 8.80. The van der Waals surface area contributed by atoms with Gasteiger partial charge in [-0.2, -0.15) is 0 Å². The van der Waals surface area contributed by atoms with Crippen LogP contribution in [0.5, 0.6) is 0 Å². The molecule has 0 aliphatic carbocycles. The van der Waals surface area contributed by atoms with Crippen LogP contribution in [0.3, 0.4) is 0 Å². The van der Waals surface area contributed by atoms with Crippen molar-refractivity contribution in [1.82, 2.24) is 15.6 Å². The Morgan fingerprint density at radius 1 is 1.37 bits per heavy atom. The van der Waals surface area contributed by atoms with Crippen LogP contribution in [-0.2, 0) is 17.7 Å². The molecular weight excluding hydrogens is 473 g/mol. The molecule has 3 heterocycles. The summed E-state index contributed by atoms with van der Waals surface area (Å²) in [6, 6.07) is 8.45. The van der Waals surface area contributed by atoms with E-state index in [0.717, 1.165) is 50.0 Å². The van der Waals surface area contributed by atoms with Crippen LogP contribution >= 0.6 is 35.3 Å². The van der Waals surface area contributed by atoms with Crippen LogP contribution in [0.4, 0.5) is 5.82 Å². The smallest absolute Gasteiger partial charge is 0.191 e. The van der Waals surface area contributed by atoms with E-state index in [4.69, 9.17) is 4.74 Å². The van der Waals surface area contributed by atoms with Gasteiger partial charge in [0.05, 0.1) is 12.7 Å². The number of thiophene rings is 1. The van der Waals surface area contributed by atoms with E-state index in [1.165, 1.54) is 4.88 Å². The second-order valence-corrected chi connectivity index (χ2v) is 7.37. The highest BCUT2D eigenvalue weighted by Gasteiger charge is 2.17. The van der Waals surface area contributed by atoms with Crippen molar-refractivity contribution in [2.24, 2.45) is 4.99 Å². The zero-order valence-electron chi connectivity index (χ0n) is 15.9. The molecule has 0 aromatic carbocycles. The van der Waals surface area contributed by atoms with E-state index >= 15 is 0 Å². The Kier molecular flexibility index (Phi) is 9.29. The summed E-state index contributed by atoms with van der Waals surface area (Å²) < 4.78 is 5.59. The second kappa shape index (κ2) is 11.5. The van der Waals surface area contributed by atoms with Gasteiger partial charge in [0.15, 0.2) is 5.96 Å². The minimum absolute atomic E-state index is 0. The van der Waals surface area contributed by atoms with Gasteiger partial charge >= 0.3 is 0 Å². The number of anilines is 1. The molecule has 1 fully saturated rings. The number of halogens is 1. The molecule has 8 heteroatoms. The molecule has 2 N–H and O–H groups in total. The molecule has 27 heavy (non-hydrogen) atoms. The third-order valence-corrected chi connectivity index (χ3v) is 5.24. The highest BCUT2D eigenvalue weighted by atomic mass is 127. The fourth-order valence-electron chi connectivity index (χ4n) is 2.90. The summed E-state index contributed by atoms with van der Waals surface area (Å²) >= 11 is 1.79. The van der Waals surface area contributed by atoms with Crippen molar-refractivity contribution in [3.05, 3.63) is 46.3 Å². The first kappa shape index (κ1) is 21.9. The van der Waals surface area contributed by atoms with Crippen molar-refractivity contribution < 1.29 is 4.74 Å². The number of hydrogen-bond donors (Lipinski definition) is 2. The van der Waals surface area contributed by atoms with Gasteiger partial charge in [0.25, 0.3) is 0 Å². The molecule has 0 amide bonds. The lowest BCUT2D eigenvalue weighted by molar-refractivity contribution is 0.0529. The van der Waals surface area contributed by atoms with Crippen LogP contribution in [-0.4, -0.2) is 50.3 Å². The summed E-state index contributed by atoms with van der Waals surface area (Å²) in [4.78, 5) is 12.5. The van der Waals surface area contributed by atoms with E-state index in [2.05, 4.69) is 62.1 Å². The van der Waals surface area contributed by atoms with Crippen LogP contribution in [0.15, 0.2) is 40.8 Å². The summed E-state index contributed by atoms with van der Waals surface area (Å²) in [6.07, 6.45) is 3.20. The van der Waals surface area contributed by atoms with E-state index < -0.39 is 0 Å². The highest BCUT2D eigenvalue weighted by Crippen LogP contribution is 2.15. The monoisotopic (exact) mass is 501 g/mol. The van der Waals surface area contributed by atoms with Crippen molar-refractivity contribution in [3.8, 4) is 0 Å². The number of pyridine rings is 1. The van der Waals surface area contributed by atoms with Crippen molar-refractivity contribution in [2.75, 3.05) is 38.2 Å². The van der Waals surface area contributed by atoms with Gasteiger partial charge in [0.1, 0.15) is 5.82 Å². The molecule has 0 saturated carbocycles. The topological polar surface area (TPSA) is 61.8 Å². The quantitative estimate of drug-likeness (QED) is 0.362. The summed E-state index contributed by atoms with van der Waals surface area (Å²) in [5.41, 5.74) is 1.14. The molecule has 0 bridgehead atoms. The van der Waals surface area contributed by atoms with Gasteiger partial charge in [0, 0.05) is 44.3 Å². The fourth-order valence-corrected chi connectivity index (χ4v) is 3.61. The molecule has 0 spiro atoms. The SMILES string of the molecule is CN=C(NCCc1cccs1)NCc1ccc(N2CCOC(C)C2)nc1.I. The molecule has 1 saturated heterocycles. The zero-order chi connectivity index (χ0) is 18.2. The Morgan fingerprint density at radius 3 is 2.93 bits per heavy atom. The predicted molar refractivity (Wildman–Crippen MR) is 124 cm³/mol. The van der Waals surface area contributed by atoms with Crippen LogP contribution in [0.25, 0.3) is 0 Å². The van der Waals surface area contributed by atoms with Crippen LogP contribution in [0.1, 0.15) is 17.4 Å². The maximum atomic E-state index is 5.59. The molecule has 1 aliphatic heterocycles. The highest BCUT2D eigenvalue weighted by molar-refractivity contribution is 14.0.